The SMILES string of the molecule is C1CN2CCC1CC2.O=C1NCc2nn(-c3ccc(F)cc3)c3cccc1c23. The van der Waals surface area contributed by atoms with Gasteiger partial charge in [-0.15, -0.1) is 0 Å². The van der Waals surface area contributed by atoms with Crippen molar-refractivity contribution in [2.45, 2.75) is 25.8 Å². The molecular formula is C22H23FN4O. The summed E-state index contributed by atoms with van der Waals surface area (Å²) in [7, 11) is 0. The van der Waals surface area contributed by atoms with Crippen LogP contribution in [0.15, 0.2) is 42.5 Å². The first-order valence-electron chi connectivity index (χ1n) is 9.96. The number of rotatable bonds is 1. The van der Waals surface area contributed by atoms with Gasteiger partial charge in [0.15, 0.2) is 0 Å². The van der Waals surface area contributed by atoms with Gasteiger partial charge in [0.2, 0.25) is 0 Å². The lowest BCUT2D eigenvalue weighted by atomic mass is 9.89. The molecule has 0 spiro atoms. The monoisotopic (exact) mass is 378 g/mol. The third-order valence-electron chi connectivity index (χ3n) is 6.07. The van der Waals surface area contributed by atoms with Gasteiger partial charge in [-0.2, -0.15) is 5.10 Å². The van der Waals surface area contributed by atoms with Crippen molar-refractivity contribution in [1.29, 1.82) is 0 Å². The summed E-state index contributed by atoms with van der Waals surface area (Å²) in [5.74, 6) is 0.744. The quantitative estimate of drug-likeness (QED) is 0.705. The molecule has 1 N–H and O–H groups in total. The van der Waals surface area contributed by atoms with Crippen molar-refractivity contribution in [3.05, 3.63) is 59.5 Å². The number of carbonyl (C=O) groups is 1. The smallest absolute Gasteiger partial charge is 0.252 e. The fraction of sp³-hybridized carbons (Fsp3) is 0.364. The van der Waals surface area contributed by atoms with Crippen LogP contribution in [-0.2, 0) is 6.54 Å². The Morgan fingerprint density at radius 1 is 1.00 bits per heavy atom. The molecule has 7 rings (SSSR count). The fourth-order valence-corrected chi connectivity index (χ4v) is 4.46. The Balaban J connectivity index is 0.000000177. The number of nitrogens with zero attached hydrogens (tertiary/aromatic N) is 3. The molecule has 0 atom stereocenters. The Morgan fingerprint density at radius 2 is 1.71 bits per heavy atom. The number of aromatic nitrogens is 2. The van der Waals surface area contributed by atoms with Gasteiger partial charge >= 0.3 is 0 Å². The second kappa shape index (κ2) is 7.02. The molecule has 5 heterocycles. The van der Waals surface area contributed by atoms with Crippen LogP contribution in [0.25, 0.3) is 16.6 Å². The summed E-state index contributed by atoms with van der Waals surface area (Å²) in [5.41, 5.74) is 3.10. The van der Waals surface area contributed by atoms with Crippen LogP contribution >= 0.6 is 0 Å². The van der Waals surface area contributed by atoms with Crippen LogP contribution in [0.3, 0.4) is 0 Å². The maximum atomic E-state index is 13.0. The molecule has 3 aromatic rings. The Kier molecular flexibility index (Phi) is 4.36. The zero-order chi connectivity index (χ0) is 19.1. The number of hydrogen-bond acceptors (Lipinski definition) is 3. The highest BCUT2D eigenvalue weighted by Crippen LogP contribution is 2.28. The van der Waals surface area contributed by atoms with E-state index in [1.54, 1.807) is 22.9 Å². The molecule has 3 saturated heterocycles. The van der Waals surface area contributed by atoms with Crippen molar-refractivity contribution >= 4 is 16.8 Å². The highest BCUT2D eigenvalue weighted by atomic mass is 19.1. The van der Waals surface area contributed by atoms with Gasteiger partial charge in [0.05, 0.1) is 29.0 Å². The number of halogens is 1. The first kappa shape index (κ1) is 17.4. The minimum atomic E-state index is -0.285. The van der Waals surface area contributed by atoms with Gasteiger partial charge in [-0.05, 0) is 81.2 Å². The van der Waals surface area contributed by atoms with E-state index in [0.29, 0.717) is 12.1 Å². The second-order valence-electron chi connectivity index (χ2n) is 7.79. The van der Waals surface area contributed by atoms with Crippen LogP contribution in [0.4, 0.5) is 4.39 Å². The first-order chi connectivity index (χ1) is 13.7. The largest absolute Gasteiger partial charge is 0.346 e. The van der Waals surface area contributed by atoms with Crippen molar-refractivity contribution in [3.8, 4) is 5.69 Å². The summed E-state index contributed by atoms with van der Waals surface area (Å²) in [4.78, 5) is 14.4. The molecular weight excluding hydrogens is 355 g/mol. The van der Waals surface area contributed by atoms with Gasteiger partial charge in [0.25, 0.3) is 5.91 Å². The van der Waals surface area contributed by atoms with Crippen LogP contribution in [0, 0.1) is 11.7 Å². The minimum absolute atomic E-state index is 0.0817. The number of carbonyl (C=O) groups excluding carboxylic acids is 1. The number of nitrogens with one attached hydrogen (secondary N) is 1. The average Bonchev–Trinajstić information content (AvgIpc) is 3.13. The van der Waals surface area contributed by atoms with Crippen molar-refractivity contribution < 1.29 is 9.18 Å². The molecule has 1 amide bonds. The highest BCUT2D eigenvalue weighted by molar-refractivity contribution is 6.09. The lowest BCUT2D eigenvalue weighted by Gasteiger charge is -2.38. The lowest BCUT2D eigenvalue weighted by molar-refractivity contribution is 0.0949. The Bertz CT molecular complexity index is 996. The Labute approximate surface area is 163 Å². The number of benzene rings is 2. The molecule has 144 valence electrons. The summed E-state index contributed by atoms with van der Waals surface area (Å²) in [6.07, 6.45) is 4.46. The van der Waals surface area contributed by atoms with E-state index in [0.717, 1.165) is 28.2 Å². The van der Waals surface area contributed by atoms with E-state index in [4.69, 9.17) is 0 Å². The predicted octanol–water partition coefficient (Wildman–Crippen LogP) is 3.51. The molecule has 6 heteroatoms. The van der Waals surface area contributed by atoms with E-state index in [-0.39, 0.29) is 11.7 Å². The molecule has 0 unspecified atom stereocenters. The second-order valence-corrected chi connectivity index (χ2v) is 7.79. The molecule has 0 saturated carbocycles. The number of piperidine rings is 3. The maximum Gasteiger partial charge on any atom is 0.252 e. The molecule has 4 aliphatic heterocycles. The molecule has 4 aliphatic rings. The number of amides is 1. The summed E-state index contributed by atoms with van der Waals surface area (Å²) in [5, 5.41) is 8.21. The van der Waals surface area contributed by atoms with E-state index in [1.165, 1.54) is 51.0 Å². The molecule has 3 fully saturated rings. The predicted molar refractivity (Wildman–Crippen MR) is 106 cm³/mol. The minimum Gasteiger partial charge on any atom is -0.346 e. The third-order valence-corrected chi connectivity index (χ3v) is 6.07. The Morgan fingerprint density at radius 3 is 2.32 bits per heavy atom. The summed E-state index contributed by atoms with van der Waals surface area (Å²) in [6, 6.07) is 11.7. The molecule has 0 radical (unpaired) electrons. The van der Waals surface area contributed by atoms with Gasteiger partial charge in [-0.25, -0.2) is 9.07 Å². The normalized spacial score (nSPS) is 22.5. The van der Waals surface area contributed by atoms with Gasteiger partial charge in [-0.1, -0.05) is 6.07 Å². The fourth-order valence-electron chi connectivity index (χ4n) is 4.46. The van der Waals surface area contributed by atoms with Crippen molar-refractivity contribution in [2.24, 2.45) is 5.92 Å². The van der Waals surface area contributed by atoms with Gasteiger partial charge in [0, 0.05) is 5.39 Å². The van der Waals surface area contributed by atoms with Crippen LogP contribution in [0.1, 0.15) is 35.3 Å². The van der Waals surface area contributed by atoms with Crippen LogP contribution in [0.5, 0.6) is 0 Å². The zero-order valence-corrected chi connectivity index (χ0v) is 15.7. The van der Waals surface area contributed by atoms with Crippen molar-refractivity contribution in [1.82, 2.24) is 20.0 Å². The van der Waals surface area contributed by atoms with E-state index in [1.807, 2.05) is 12.1 Å². The lowest BCUT2D eigenvalue weighted by Crippen LogP contribution is -2.41. The topological polar surface area (TPSA) is 50.2 Å². The van der Waals surface area contributed by atoms with Gasteiger partial charge in [0.1, 0.15) is 5.82 Å². The first-order valence-corrected chi connectivity index (χ1v) is 9.96. The molecule has 2 bridgehead atoms. The van der Waals surface area contributed by atoms with E-state index in [2.05, 4.69) is 15.3 Å². The molecule has 1 aromatic heterocycles. The standard InChI is InChI=1S/C15H10FN3O.C7H13N/c16-9-4-6-10(7-5-9)19-13-3-1-2-11-14(13)12(18-19)8-17-15(11)20;1-4-8-5-2-7(1)3-6-8/h1-7H,8H2,(H,17,20);7H,1-6H2. The summed E-state index contributed by atoms with van der Waals surface area (Å²) < 4.78 is 14.8. The van der Waals surface area contributed by atoms with Crippen LogP contribution in [-0.4, -0.2) is 40.2 Å². The van der Waals surface area contributed by atoms with E-state index < -0.39 is 0 Å². The van der Waals surface area contributed by atoms with Gasteiger partial charge in [-0.3, -0.25) is 4.79 Å². The highest BCUT2D eigenvalue weighted by Gasteiger charge is 2.24. The summed E-state index contributed by atoms with van der Waals surface area (Å²) >= 11 is 0. The number of hydrogen-bond donors (Lipinski definition) is 1. The average molecular weight is 378 g/mol. The van der Waals surface area contributed by atoms with E-state index in [9.17, 15) is 9.18 Å². The molecule has 28 heavy (non-hydrogen) atoms. The van der Waals surface area contributed by atoms with Crippen LogP contribution in [0.2, 0.25) is 0 Å². The maximum absolute atomic E-state index is 13.0. The molecule has 5 nitrogen and oxygen atoms in total. The van der Waals surface area contributed by atoms with Crippen molar-refractivity contribution in [3.63, 3.8) is 0 Å². The summed E-state index contributed by atoms with van der Waals surface area (Å²) in [6.45, 7) is 4.60. The third kappa shape index (κ3) is 3.07. The Hall–Kier alpha value is -2.73. The zero-order valence-electron chi connectivity index (χ0n) is 15.7. The molecule has 0 aliphatic carbocycles. The van der Waals surface area contributed by atoms with E-state index >= 15 is 0 Å². The van der Waals surface area contributed by atoms with Crippen molar-refractivity contribution in [2.75, 3.05) is 19.6 Å². The van der Waals surface area contributed by atoms with Crippen LogP contribution < -0.4 is 5.32 Å². The molecule has 2 aromatic carbocycles. The van der Waals surface area contributed by atoms with Gasteiger partial charge < -0.3 is 10.2 Å². The number of fused-ring (bicyclic) bond motifs is 3.